The highest BCUT2D eigenvalue weighted by Crippen LogP contribution is 2.43. The molecule has 0 saturated heterocycles. The van der Waals surface area contributed by atoms with E-state index in [0.29, 0.717) is 24.2 Å². The van der Waals surface area contributed by atoms with Crippen LogP contribution in [0, 0.1) is 5.92 Å². The normalized spacial score (nSPS) is 22.9. The van der Waals surface area contributed by atoms with Gasteiger partial charge in [0.05, 0.1) is 11.5 Å². The van der Waals surface area contributed by atoms with Crippen LogP contribution in [0.4, 0.5) is 19.1 Å². The summed E-state index contributed by atoms with van der Waals surface area (Å²) in [7, 11) is 0. The first-order valence-corrected chi connectivity index (χ1v) is 7.24. The summed E-state index contributed by atoms with van der Waals surface area (Å²) in [5.74, 6) is -0.672. The fourth-order valence-electron chi connectivity index (χ4n) is 3.19. The first-order chi connectivity index (χ1) is 10.3. The van der Waals surface area contributed by atoms with E-state index in [0.717, 1.165) is 5.56 Å². The lowest BCUT2D eigenvalue weighted by Crippen LogP contribution is -2.27. The Bertz CT molecular complexity index is 700. The predicted molar refractivity (Wildman–Crippen MR) is 76.8 cm³/mol. The van der Waals surface area contributed by atoms with Gasteiger partial charge in [0.25, 0.3) is 0 Å². The van der Waals surface area contributed by atoms with Gasteiger partial charge < -0.3 is 10.2 Å². The van der Waals surface area contributed by atoms with Gasteiger partial charge in [0.15, 0.2) is 11.3 Å². The molecule has 1 fully saturated rings. The molecule has 0 aromatic heterocycles. The third-order valence-electron chi connectivity index (χ3n) is 4.43. The van der Waals surface area contributed by atoms with Gasteiger partial charge in [-0.25, -0.2) is 0 Å². The lowest BCUT2D eigenvalue weighted by atomic mass is 9.78. The van der Waals surface area contributed by atoms with E-state index in [4.69, 9.17) is 10.2 Å². The van der Waals surface area contributed by atoms with Crippen LogP contribution in [0.5, 0.6) is 0 Å². The predicted octanol–water partition coefficient (Wildman–Crippen LogP) is 4.16. The molecule has 0 amide bonds. The second-order valence-corrected chi connectivity index (χ2v) is 5.86. The van der Waals surface area contributed by atoms with Crippen molar-refractivity contribution >= 4 is 5.88 Å². The minimum Gasteiger partial charge on any atom is -0.441 e. The third-order valence-corrected chi connectivity index (χ3v) is 4.43. The van der Waals surface area contributed by atoms with Crippen LogP contribution in [0.25, 0.3) is 11.3 Å². The summed E-state index contributed by atoms with van der Waals surface area (Å²) < 4.78 is 43.5. The number of nitrogens with two attached hydrogens (primary N) is 1. The Morgan fingerprint density at radius 1 is 1.09 bits per heavy atom. The molecule has 0 spiro atoms. The van der Waals surface area contributed by atoms with Gasteiger partial charge >= 0.3 is 6.18 Å². The van der Waals surface area contributed by atoms with Crippen LogP contribution in [0.15, 0.2) is 33.5 Å². The van der Waals surface area contributed by atoms with E-state index in [2.05, 4.69) is 0 Å². The average molecular weight is 311 g/mol. The fourth-order valence-corrected chi connectivity index (χ4v) is 3.19. The van der Waals surface area contributed by atoms with E-state index >= 15 is 0 Å². The molecule has 3 rings (SSSR count). The molecule has 2 N–H and O–H groups in total. The molecule has 1 saturated carbocycles. The number of rotatable bonds is 1. The summed E-state index contributed by atoms with van der Waals surface area (Å²) in [6.07, 6.45) is -3.06. The molecule has 1 aliphatic heterocycles. The zero-order valence-electron chi connectivity index (χ0n) is 11.8. The largest absolute Gasteiger partial charge is 0.441 e. The van der Waals surface area contributed by atoms with Crippen molar-refractivity contribution in [3.8, 4) is 11.3 Å². The molecular formula is C16H16F3NO2. The molecule has 118 valence electrons. The maximum atomic E-state index is 12.7. The summed E-state index contributed by atoms with van der Waals surface area (Å²) in [6, 6.07) is 6.34. The fraction of sp³-hybridized carbons (Fsp3) is 0.438. The number of halogens is 3. The number of nitrogen functional groups attached to an aromatic ring is 1. The Hall–Kier alpha value is -1.98. The highest BCUT2D eigenvalue weighted by Gasteiger charge is 2.41. The first-order valence-electron chi connectivity index (χ1n) is 7.24. The van der Waals surface area contributed by atoms with E-state index in [-0.39, 0.29) is 30.1 Å². The molecule has 22 heavy (non-hydrogen) atoms. The number of alkyl halides is 3. The summed E-state index contributed by atoms with van der Waals surface area (Å²) in [5.41, 5.74) is 6.56. The van der Waals surface area contributed by atoms with Gasteiger partial charge in [-0.1, -0.05) is 0 Å². The Balaban J connectivity index is 1.86. The Morgan fingerprint density at radius 2 is 1.77 bits per heavy atom. The van der Waals surface area contributed by atoms with Crippen LogP contribution in [0.1, 0.15) is 37.2 Å². The van der Waals surface area contributed by atoms with E-state index < -0.39 is 12.1 Å². The third kappa shape index (κ3) is 2.82. The van der Waals surface area contributed by atoms with Gasteiger partial charge in [-0.3, -0.25) is 4.79 Å². The summed E-state index contributed by atoms with van der Waals surface area (Å²) in [4.78, 5) is 12.1. The number of benzene rings is 1. The molecule has 0 unspecified atom stereocenters. The number of fused-ring (bicyclic) bond motifs is 1. The maximum absolute atomic E-state index is 12.7. The van der Waals surface area contributed by atoms with Crippen LogP contribution < -0.4 is 11.2 Å². The van der Waals surface area contributed by atoms with Crippen molar-refractivity contribution in [2.45, 2.75) is 37.8 Å². The number of hydrogen-bond donors (Lipinski definition) is 1. The molecule has 0 radical (unpaired) electrons. The quantitative estimate of drug-likeness (QED) is 0.860. The topological polar surface area (TPSA) is 56.2 Å². The van der Waals surface area contributed by atoms with Crippen molar-refractivity contribution in [2.75, 3.05) is 5.73 Å². The van der Waals surface area contributed by atoms with Crippen LogP contribution >= 0.6 is 0 Å². The zero-order chi connectivity index (χ0) is 15.9. The van der Waals surface area contributed by atoms with Gasteiger partial charge in [0, 0.05) is 0 Å². The van der Waals surface area contributed by atoms with E-state index in [1.165, 1.54) is 12.1 Å². The monoisotopic (exact) mass is 311 g/mol. The summed E-state index contributed by atoms with van der Waals surface area (Å²) in [5, 5.41) is 0. The summed E-state index contributed by atoms with van der Waals surface area (Å²) >= 11 is 0. The second kappa shape index (κ2) is 5.34. The van der Waals surface area contributed by atoms with Gasteiger partial charge in [0.1, 0.15) is 5.76 Å². The molecule has 3 nitrogen and oxygen atoms in total. The molecule has 0 atom stereocenters. The molecule has 0 aromatic rings. The van der Waals surface area contributed by atoms with E-state index in [9.17, 15) is 18.0 Å². The highest BCUT2D eigenvalue weighted by molar-refractivity contribution is 5.61. The standard InChI is InChI=1S/C16H16F3NO2/c17-16(18,19)11-3-1-9(2-4-11)10-7-13(21)12-5-6-15(20)22-14(12)8-10/h5-9,11H,1-4,20H2. The first kappa shape index (κ1) is 14.9. The Labute approximate surface area is 125 Å². The van der Waals surface area contributed by atoms with Gasteiger partial charge in [0.2, 0.25) is 0 Å². The molecule has 6 heteroatoms. The lowest BCUT2D eigenvalue weighted by molar-refractivity contribution is -0.182. The smallest absolute Gasteiger partial charge is 0.391 e. The van der Waals surface area contributed by atoms with E-state index in [1.54, 1.807) is 12.1 Å². The van der Waals surface area contributed by atoms with Crippen molar-refractivity contribution in [3.05, 3.63) is 40.1 Å². The average Bonchev–Trinajstić information content (AvgIpc) is 2.46. The van der Waals surface area contributed by atoms with Crippen molar-refractivity contribution in [2.24, 2.45) is 5.92 Å². The van der Waals surface area contributed by atoms with E-state index in [1.807, 2.05) is 0 Å². The van der Waals surface area contributed by atoms with Gasteiger partial charge in [-0.2, -0.15) is 13.2 Å². The second-order valence-electron chi connectivity index (χ2n) is 5.86. The lowest BCUT2D eigenvalue weighted by Gasteiger charge is -2.30. The maximum Gasteiger partial charge on any atom is 0.391 e. The molecule has 1 heterocycles. The zero-order valence-corrected chi connectivity index (χ0v) is 11.8. The van der Waals surface area contributed by atoms with Crippen molar-refractivity contribution in [3.63, 3.8) is 0 Å². The van der Waals surface area contributed by atoms with Gasteiger partial charge in [-0.15, -0.1) is 0 Å². The molecular weight excluding hydrogens is 295 g/mol. The highest BCUT2D eigenvalue weighted by atomic mass is 19.4. The number of hydrogen-bond acceptors (Lipinski definition) is 3. The van der Waals surface area contributed by atoms with Crippen LogP contribution in [-0.2, 0) is 0 Å². The minimum absolute atomic E-state index is 0.0349. The Kier molecular flexibility index (Phi) is 3.62. The molecule has 0 aromatic carbocycles. The van der Waals surface area contributed by atoms with Gasteiger partial charge in [-0.05, 0) is 61.4 Å². The van der Waals surface area contributed by atoms with Crippen molar-refractivity contribution in [1.82, 2.24) is 0 Å². The van der Waals surface area contributed by atoms with Crippen LogP contribution in [0.2, 0.25) is 0 Å². The molecule has 2 aliphatic carbocycles. The van der Waals surface area contributed by atoms with Crippen molar-refractivity contribution < 1.29 is 17.6 Å². The minimum atomic E-state index is -4.12. The summed E-state index contributed by atoms with van der Waals surface area (Å²) in [6.45, 7) is 0. The Morgan fingerprint density at radius 3 is 2.41 bits per heavy atom. The van der Waals surface area contributed by atoms with Crippen LogP contribution in [0.3, 0.4) is 0 Å². The van der Waals surface area contributed by atoms with Crippen molar-refractivity contribution in [1.29, 1.82) is 0 Å². The van der Waals surface area contributed by atoms with Crippen LogP contribution in [-0.4, -0.2) is 6.18 Å². The molecule has 0 bridgehead atoms. The SMILES string of the molecule is Nc1ccc2c(=O)cc(C3CCC(C(F)(F)F)CC3)cc-2o1. The number of anilines is 1. The molecule has 3 aliphatic rings.